The molecular formula is C34H63N. The highest BCUT2D eigenvalue weighted by Crippen LogP contribution is 2.14. The summed E-state index contributed by atoms with van der Waals surface area (Å²) in [6.07, 6.45) is 32.8. The van der Waals surface area contributed by atoms with E-state index >= 15 is 0 Å². The van der Waals surface area contributed by atoms with Crippen LogP contribution in [-0.4, -0.2) is 24.5 Å². The van der Waals surface area contributed by atoms with Crippen LogP contribution in [0.15, 0.2) is 30.3 Å². The standard InChI is InChI=1S/C34H63N/c1-3-5-7-9-11-13-15-17-19-21-26-31-35(33-30-34-28-24-23-25-29-34)32-27-22-20-18-16-14-12-10-8-6-4-2/h23-25,28-29H,3-22,26-27,30-33H2,1-2H3. The lowest BCUT2D eigenvalue weighted by Crippen LogP contribution is -2.28. The summed E-state index contributed by atoms with van der Waals surface area (Å²) in [4.78, 5) is 2.77. The predicted molar refractivity (Wildman–Crippen MR) is 160 cm³/mol. The minimum absolute atomic E-state index is 1.21. The van der Waals surface area contributed by atoms with Crippen molar-refractivity contribution in [3.63, 3.8) is 0 Å². The predicted octanol–water partition coefficient (Wildman–Crippen LogP) is 11.2. The second kappa shape index (κ2) is 26.2. The third-order valence-corrected chi connectivity index (χ3v) is 7.72. The fraction of sp³-hybridized carbons (Fsp3) is 0.824. The number of rotatable bonds is 27. The van der Waals surface area contributed by atoms with Crippen LogP contribution in [0.25, 0.3) is 0 Å². The van der Waals surface area contributed by atoms with Gasteiger partial charge >= 0.3 is 0 Å². The lowest BCUT2D eigenvalue weighted by molar-refractivity contribution is 0.263. The van der Waals surface area contributed by atoms with Gasteiger partial charge in [0.2, 0.25) is 0 Å². The van der Waals surface area contributed by atoms with Crippen molar-refractivity contribution in [2.45, 2.75) is 162 Å². The van der Waals surface area contributed by atoms with Gasteiger partial charge in [-0.2, -0.15) is 0 Å². The second-order valence-corrected chi connectivity index (χ2v) is 11.1. The number of nitrogens with zero attached hydrogens (tertiary/aromatic N) is 1. The molecule has 0 aliphatic heterocycles. The molecule has 1 aromatic carbocycles. The van der Waals surface area contributed by atoms with Gasteiger partial charge in [-0.15, -0.1) is 0 Å². The minimum atomic E-state index is 1.21. The van der Waals surface area contributed by atoms with E-state index in [1.54, 1.807) is 0 Å². The molecule has 0 bridgehead atoms. The Morgan fingerprint density at radius 3 is 1.11 bits per heavy atom. The molecule has 0 aromatic heterocycles. The van der Waals surface area contributed by atoms with Gasteiger partial charge in [0.05, 0.1) is 0 Å². The molecule has 0 unspecified atom stereocenters. The fourth-order valence-corrected chi connectivity index (χ4v) is 5.27. The van der Waals surface area contributed by atoms with Crippen LogP contribution in [0, 0.1) is 0 Å². The first kappa shape index (κ1) is 32.2. The summed E-state index contributed by atoms with van der Waals surface area (Å²) in [5.74, 6) is 0. The van der Waals surface area contributed by atoms with Crippen LogP contribution in [0.2, 0.25) is 0 Å². The van der Waals surface area contributed by atoms with Crippen LogP contribution >= 0.6 is 0 Å². The average molecular weight is 486 g/mol. The normalized spacial score (nSPS) is 11.5. The molecule has 0 heterocycles. The molecule has 0 radical (unpaired) electrons. The Morgan fingerprint density at radius 1 is 0.400 bits per heavy atom. The fourth-order valence-electron chi connectivity index (χ4n) is 5.27. The second-order valence-electron chi connectivity index (χ2n) is 11.1. The van der Waals surface area contributed by atoms with Crippen molar-refractivity contribution in [2.75, 3.05) is 19.6 Å². The molecule has 1 rings (SSSR count). The molecule has 0 amide bonds. The zero-order chi connectivity index (χ0) is 25.1. The largest absolute Gasteiger partial charge is 0.303 e. The van der Waals surface area contributed by atoms with E-state index in [9.17, 15) is 0 Å². The lowest BCUT2D eigenvalue weighted by atomic mass is 10.1. The van der Waals surface area contributed by atoms with Crippen molar-refractivity contribution in [3.05, 3.63) is 35.9 Å². The Balaban J connectivity index is 2.10. The van der Waals surface area contributed by atoms with E-state index in [1.807, 2.05) is 0 Å². The molecule has 1 aromatic rings. The summed E-state index contributed by atoms with van der Waals surface area (Å²) in [5, 5.41) is 0. The number of hydrogen-bond donors (Lipinski definition) is 0. The van der Waals surface area contributed by atoms with Crippen LogP contribution in [-0.2, 0) is 6.42 Å². The van der Waals surface area contributed by atoms with Crippen molar-refractivity contribution in [2.24, 2.45) is 0 Å². The van der Waals surface area contributed by atoms with Gasteiger partial charge < -0.3 is 4.90 Å². The van der Waals surface area contributed by atoms with E-state index in [0.717, 1.165) is 0 Å². The topological polar surface area (TPSA) is 3.24 Å². The Bertz CT molecular complexity index is 485. The van der Waals surface area contributed by atoms with Gasteiger partial charge in [-0.3, -0.25) is 0 Å². The van der Waals surface area contributed by atoms with Crippen molar-refractivity contribution >= 4 is 0 Å². The summed E-state index contributed by atoms with van der Waals surface area (Å²) in [7, 11) is 0. The maximum atomic E-state index is 2.77. The average Bonchev–Trinajstić information content (AvgIpc) is 2.89. The summed E-state index contributed by atoms with van der Waals surface area (Å²) >= 11 is 0. The lowest BCUT2D eigenvalue weighted by Gasteiger charge is -2.22. The SMILES string of the molecule is CCCCCCCCCCCCCN(CCCCCCCCCCCCC)CCc1ccccc1. The molecule has 35 heavy (non-hydrogen) atoms. The summed E-state index contributed by atoms with van der Waals surface area (Å²) < 4.78 is 0. The van der Waals surface area contributed by atoms with Gasteiger partial charge in [0.25, 0.3) is 0 Å². The molecule has 0 N–H and O–H groups in total. The minimum Gasteiger partial charge on any atom is -0.303 e. The molecule has 0 atom stereocenters. The smallest absolute Gasteiger partial charge is 0.00218 e. The van der Waals surface area contributed by atoms with Gasteiger partial charge in [-0.1, -0.05) is 173 Å². The van der Waals surface area contributed by atoms with Crippen molar-refractivity contribution in [1.82, 2.24) is 4.90 Å². The molecular weight excluding hydrogens is 422 g/mol. The van der Waals surface area contributed by atoms with Crippen molar-refractivity contribution < 1.29 is 0 Å². The third-order valence-electron chi connectivity index (χ3n) is 7.72. The van der Waals surface area contributed by atoms with Crippen molar-refractivity contribution in [3.8, 4) is 0 Å². The number of unbranched alkanes of at least 4 members (excludes halogenated alkanes) is 20. The Labute approximate surface area is 221 Å². The Morgan fingerprint density at radius 2 is 0.743 bits per heavy atom. The maximum absolute atomic E-state index is 2.77. The first-order valence-corrected chi connectivity index (χ1v) is 16.1. The van der Waals surface area contributed by atoms with Gasteiger partial charge in [0.15, 0.2) is 0 Å². The number of hydrogen-bond acceptors (Lipinski definition) is 1. The van der Waals surface area contributed by atoms with Gasteiger partial charge in [0.1, 0.15) is 0 Å². The van der Waals surface area contributed by atoms with Crippen LogP contribution in [0.3, 0.4) is 0 Å². The third kappa shape index (κ3) is 22.1. The molecule has 0 saturated carbocycles. The molecule has 0 fully saturated rings. The highest BCUT2D eigenvalue weighted by atomic mass is 15.1. The summed E-state index contributed by atoms with van der Waals surface area (Å²) in [5.41, 5.74) is 1.50. The van der Waals surface area contributed by atoms with E-state index in [2.05, 4.69) is 49.1 Å². The molecule has 0 saturated heterocycles. The van der Waals surface area contributed by atoms with Crippen LogP contribution < -0.4 is 0 Å². The van der Waals surface area contributed by atoms with E-state index in [-0.39, 0.29) is 0 Å². The van der Waals surface area contributed by atoms with E-state index in [4.69, 9.17) is 0 Å². The first-order valence-electron chi connectivity index (χ1n) is 16.1. The van der Waals surface area contributed by atoms with Crippen molar-refractivity contribution in [1.29, 1.82) is 0 Å². The van der Waals surface area contributed by atoms with E-state index in [0.29, 0.717) is 0 Å². The molecule has 0 aliphatic rings. The summed E-state index contributed by atoms with van der Waals surface area (Å²) in [6, 6.07) is 11.1. The van der Waals surface area contributed by atoms with Crippen LogP contribution in [0.5, 0.6) is 0 Å². The van der Waals surface area contributed by atoms with Gasteiger partial charge in [-0.05, 0) is 37.9 Å². The zero-order valence-corrected chi connectivity index (χ0v) is 24.2. The quantitative estimate of drug-likeness (QED) is 0.112. The Kier molecular flexibility index (Phi) is 24.2. The van der Waals surface area contributed by atoms with Gasteiger partial charge in [-0.25, -0.2) is 0 Å². The van der Waals surface area contributed by atoms with Crippen LogP contribution in [0.4, 0.5) is 0 Å². The highest BCUT2D eigenvalue weighted by Gasteiger charge is 2.06. The molecule has 1 nitrogen and oxygen atoms in total. The van der Waals surface area contributed by atoms with E-state index < -0.39 is 0 Å². The monoisotopic (exact) mass is 485 g/mol. The molecule has 0 aliphatic carbocycles. The summed E-state index contributed by atoms with van der Waals surface area (Å²) in [6.45, 7) is 8.46. The molecule has 204 valence electrons. The zero-order valence-electron chi connectivity index (χ0n) is 24.2. The molecule has 1 heteroatoms. The maximum Gasteiger partial charge on any atom is 0.00218 e. The number of benzene rings is 1. The Hall–Kier alpha value is -0.820. The highest BCUT2D eigenvalue weighted by molar-refractivity contribution is 5.14. The van der Waals surface area contributed by atoms with Gasteiger partial charge in [0, 0.05) is 6.54 Å². The van der Waals surface area contributed by atoms with Crippen LogP contribution in [0.1, 0.15) is 161 Å². The van der Waals surface area contributed by atoms with E-state index in [1.165, 1.54) is 173 Å². The first-order chi connectivity index (χ1) is 17.4. The molecule has 0 spiro atoms.